The van der Waals surface area contributed by atoms with Crippen molar-refractivity contribution >= 4 is 0 Å². The summed E-state index contributed by atoms with van der Waals surface area (Å²) in [5.41, 5.74) is 2.42. The highest BCUT2D eigenvalue weighted by Crippen LogP contribution is 2.28. The fraction of sp³-hybridized carbons (Fsp3) is 0.294. The molecule has 1 saturated heterocycles. The van der Waals surface area contributed by atoms with E-state index in [0.717, 1.165) is 31.7 Å². The molecule has 1 aliphatic rings. The highest BCUT2D eigenvalue weighted by molar-refractivity contribution is 5.32. The fourth-order valence-electron chi connectivity index (χ4n) is 2.83. The van der Waals surface area contributed by atoms with Crippen LogP contribution in [0.25, 0.3) is 0 Å². The maximum absolute atomic E-state index is 13.2. The van der Waals surface area contributed by atoms with Crippen LogP contribution in [0.2, 0.25) is 0 Å². The van der Waals surface area contributed by atoms with Gasteiger partial charge in [-0.3, -0.25) is 4.90 Å². The van der Waals surface area contributed by atoms with Gasteiger partial charge in [0.1, 0.15) is 5.82 Å². The van der Waals surface area contributed by atoms with Crippen LogP contribution in [0.1, 0.15) is 17.2 Å². The van der Waals surface area contributed by atoms with Gasteiger partial charge in [0.2, 0.25) is 0 Å². The molecule has 0 radical (unpaired) electrons. The summed E-state index contributed by atoms with van der Waals surface area (Å²) in [6, 6.07) is 17.6. The lowest BCUT2D eigenvalue weighted by molar-refractivity contribution is 0.198. The van der Waals surface area contributed by atoms with Crippen molar-refractivity contribution in [2.24, 2.45) is 0 Å². The van der Waals surface area contributed by atoms with Crippen LogP contribution in [0.4, 0.5) is 4.39 Å². The summed E-state index contributed by atoms with van der Waals surface area (Å²) in [6.07, 6.45) is 0. The lowest BCUT2D eigenvalue weighted by Crippen LogP contribution is -2.45. The molecule has 1 unspecified atom stereocenters. The number of benzene rings is 2. The standard InChI is InChI=1S/C17H19FN2/c18-16-8-6-15(7-9-16)17(14-4-2-1-3-5-14)20-12-10-19-11-13-20/h1-9,17,19H,10-13H2. The van der Waals surface area contributed by atoms with Gasteiger partial charge in [0.15, 0.2) is 0 Å². The second kappa shape index (κ2) is 6.16. The van der Waals surface area contributed by atoms with E-state index < -0.39 is 0 Å². The van der Waals surface area contributed by atoms with Crippen molar-refractivity contribution < 1.29 is 4.39 Å². The lowest BCUT2D eigenvalue weighted by atomic mass is 9.96. The molecule has 1 fully saturated rings. The Hall–Kier alpha value is -1.71. The van der Waals surface area contributed by atoms with Crippen molar-refractivity contribution in [2.45, 2.75) is 6.04 Å². The van der Waals surface area contributed by atoms with Gasteiger partial charge in [-0.05, 0) is 23.3 Å². The van der Waals surface area contributed by atoms with Crippen LogP contribution >= 0.6 is 0 Å². The maximum Gasteiger partial charge on any atom is 0.123 e. The maximum atomic E-state index is 13.2. The fourth-order valence-corrected chi connectivity index (χ4v) is 2.83. The molecular weight excluding hydrogens is 251 g/mol. The van der Waals surface area contributed by atoms with E-state index in [4.69, 9.17) is 0 Å². The van der Waals surface area contributed by atoms with E-state index in [1.54, 1.807) is 12.1 Å². The summed E-state index contributed by atoms with van der Waals surface area (Å²) >= 11 is 0. The van der Waals surface area contributed by atoms with Crippen molar-refractivity contribution in [3.8, 4) is 0 Å². The summed E-state index contributed by atoms with van der Waals surface area (Å²) in [7, 11) is 0. The Labute approximate surface area is 119 Å². The van der Waals surface area contributed by atoms with E-state index in [9.17, 15) is 4.39 Å². The quantitative estimate of drug-likeness (QED) is 0.922. The molecule has 0 saturated carbocycles. The van der Waals surface area contributed by atoms with Gasteiger partial charge < -0.3 is 5.32 Å². The van der Waals surface area contributed by atoms with Crippen LogP contribution in [0.15, 0.2) is 54.6 Å². The monoisotopic (exact) mass is 270 g/mol. The highest BCUT2D eigenvalue weighted by Gasteiger charge is 2.23. The van der Waals surface area contributed by atoms with Gasteiger partial charge in [0.25, 0.3) is 0 Å². The summed E-state index contributed by atoms with van der Waals surface area (Å²) in [5, 5.41) is 3.38. The molecule has 2 aromatic rings. The summed E-state index contributed by atoms with van der Waals surface area (Å²) < 4.78 is 13.2. The van der Waals surface area contributed by atoms with Gasteiger partial charge in [-0.1, -0.05) is 42.5 Å². The Morgan fingerprint density at radius 1 is 0.850 bits per heavy atom. The van der Waals surface area contributed by atoms with Crippen LogP contribution in [0.5, 0.6) is 0 Å². The lowest BCUT2D eigenvalue weighted by Gasteiger charge is -2.35. The van der Waals surface area contributed by atoms with Crippen molar-refractivity contribution in [2.75, 3.05) is 26.2 Å². The Kier molecular flexibility index (Phi) is 4.09. The number of rotatable bonds is 3. The van der Waals surface area contributed by atoms with E-state index in [1.807, 2.05) is 18.2 Å². The molecule has 0 aromatic heterocycles. The summed E-state index contributed by atoms with van der Waals surface area (Å²) in [5.74, 6) is -0.180. The third kappa shape index (κ3) is 2.89. The molecule has 1 aliphatic heterocycles. The zero-order valence-corrected chi connectivity index (χ0v) is 11.4. The molecule has 104 valence electrons. The number of halogens is 1. The van der Waals surface area contributed by atoms with Gasteiger partial charge in [-0.15, -0.1) is 0 Å². The Morgan fingerprint density at radius 2 is 1.45 bits per heavy atom. The van der Waals surface area contributed by atoms with Crippen LogP contribution in [0, 0.1) is 5.82 Å². The highest BCUT2D eigenvalue weighted by atomic mass is 19.1. The van der Waals surface area contributed by atoms with Crippen LogP contribution in [0.3, 0.4) is 0 Å². The van der Waals surface area contributed by atoms with Crippen molar-refractivity contribution in [3.63, 3.8) is 0 Å². The molecule has 3 heteroatoms. The average Bonchev–Trinajstić information content (AvgIpc) is 2.52. The van der Waals surface area contributed by atoms with E-state index >= 15 is 0 Å². The SMILES string of the molecule is Fc1ccc(C(c2ccccc2)N2CCNCC2)cc1. The first kappa shape index (κ1) is 13.3. The number of piperazine rings is 1. The van der Waals surface area contributed by atoms with Crippen LogP contribution in [-0.4, -0.2) is 31.1 Å². The zero-order chi connectivity index (χ0) is 13.8. The number of hydrogen-bond donors (Lipinski definition) is 1. The van der Waals surface area contributed by atoms with Crippen molar-refractivity contribution in [3.05, 3.63) is 71.5 Å². The van der Waals surface area contributed by atoms with E-state index in [2.05, 4.69) is 34.5 Å². The molecule has 1 N–H and O–H groups in total. The molecule has 0 aliphatic carbocycles. The molecular formula is C17H19FN2. The Morgan fingerprint density at radius 3 is 2.10 bits per heavy atom. The molecule has 0 bridgehead atoms. The predicted octanol–water partition coefficient (Wildman–Crippen LogP) is 2.82. The predicted molar refractivity (Wildman–Crippen MR) is 79.1 cm³/mol. The van der Waals surface area contributed by atoms with E-state index in [-0.39, 0.29) is 11.9 Å². The van der Waals surface area contributed by atoms with E-state index in [1.165, 1.54) is 5.56 Å². The van der Waals surface area contributed by atoms with Gasteiger partial charge in [0.05, 0.1) is 6.04 Å². The third-order valence-electron chi connectivity index (χ3n) is 3.82. The first-order valence-corrected chi connectivity index (χ1v) is 7.10. The molecule has 0 spiro atoms. The molecule has 1 atom stereocenters. The van der Waals surface area contributed by atoms with Gasteiger partial charge in [-0.25, -0.2) is 4.39 Å². The zero-order valence-electron chi connectivity index (χ0n) is 11.4. The minimum Gasteiger partial charge on any atom is -0.314 e. The summed E-state index contributed by atoms with van der Waals surface area (Å²) in [6.45, 7) is 4.03. The molecule has 0 amide bonds. The molecule has 1 heterocycles. The number of nitrogens with zero attached hydrogens (tertiary/aromatic N) is 1. The Balaban J connectivity index is 1.96. The van der Waals surface area contributed by atoms with E-state index in [0.29, 0.717) is 0 Å². The number of nitrogens with one attached hydrogen (secondary N) is 1. The Bertz CT molecular complexity index is 533. The van der Waals surface area contributed by atoms with Gasteiger partial charge >= 0.3 is 0 Å². The smallest absolute Gasteiger partial charge is 0.123 e. The van der Waals surface area contributed by atoms with Crippen molar-refractivity contribution in [1.29, 1.82) is 0 Å². The minimum absolute atomic E-state index is 0.180. The second-order valence-corrected chi connectivity index (χ2v) is 5.15. The molecule has 2 nitrogen and oxygen atoms in total. The van der Waals surface area contributed by atoms with Gasteiger partial charge in [-0.2, -0.15) is 0 Å². The van der Waals surface area contributed by atoms with Crippen LogP contribution in [-0.2, 0) is 0 Å². The summed E-state index contributed by atoms with van der Waals surface area (Å²) in [4.78, 5) is 2.46. The second-order valence-electron chi connectivity index (χ2n) is 5.15. The topological polar surface area (TPSA) is 15.3 Å². The first-order chi connectivity index (χ1) is 9.84. The minimum atomic E-state index is -0.180. The van der Waals surface area contributed by atoms with Crippen LogP contribution < -0.4 is 5.32 Å². The largest absolute Gasteiger partial charge is 0.314 e. The first-order valence-electron chi connectivity index (χ1n) is 7.10. The normalized spacial score (nSPS) is 17.9. The average molecular weight is 270 g/mol. The molecule has 3 rings (SSSR count). The molecule has 20 heavy (non-hydrogen) atoms. The van der Waals surface area contributed by atoms with Crippen molar-refractivity contribution in [1.82, 2.24) is 10.2 Å². The third-order valence-corrected chi connectivity index (χ3v) is 3.82. The molecule has 2 aromatic carbocycles. The number of hydrogen-bond acceptors (Lipinski definition) is 2. The van der Waals surface area contributed by atoms with Gasteiger partial charge in [0, 0.05) is 26.2 Å².